The standard InChI is InChI=1S/C33H36N6O6/c1-21-17-29(40)45-28-19-24(14-15-25(21)28)37-30(41)26(13-8-16-36-32(34)35)38-31(42)27(18-22-9-4-2-5-10-22)39-33(43)44-20-23-11-6-3-7-12-23/h2-7,9-12,14-15,17,19,26-27H,8,13,16,18,20H2,1H3,(H,37,41)(H,38,42)(H,39,43)(H4,34,35,36)/t26-,27+/m1/s1. The van der Waals surface area contributed by atoms with Gasteiger partial charge in [-0.2, -0.15) is 0 Å². The van der Waals surface area contributed by atoms with E-state index in [9.17, 15) is 19.2 Å². The fourth-order valence-corrected chi connectivity index (χ4v) is 4.64. The third kappa shape index (κ3) is 9.95. The molecule has 0 saturated carbocycles. The molecule has 1 heterocycles. The number of aliphatic imine (C=N–C) groups is 1. The predicted octanol–water partition coefficient (Wildman–Crippen LogP) is 3.12. The van der Waals surface area contributed by atoms with Crippen molar-refractivity contribution in [3.05, 3.63) is 112 Å². The molecule has 0 spiro atoms. The van der Waals surface area contributed by atoms with E-state index in [1.165, 1.54) is 6.07 Å². The Kier molecular flexibility index (Phi) is 11.3. The molecule has 0 fully saturated rings. The zero-order valence-corrected chi connectivity index (χ0v) is 24.8. The first-order valence-corrected chi connectivity index (χ1v) is 14.4. The quantitative estimate of drug-likeness (QED) is 0.0658. The fraction of sp³-hybridized carbons (Fsp3) is 0.242. The van der Waals surface area contributed by atoms with E-state index in [-0.39, 0.29) is 32.0 Å². The minimum absolute atomic E-state index is 0.0214. The maximum absolute atomic E-state index is 13.6. The lowest BCUT2D eigenvalue weighted by molar-refractivity contribution is -0.128. The Labute approximate surface area is 259 Å². The molecule has 4 aromatic rings. The second-order valence-corrected chi connectivity index (χ2v) is 10.4. The highest BCUT2D eigenvalue weighted by atomic mass is 16.5. The molecular formula is C33H36N6O6. The number of nitrogens with one attached hydrogen (secondary N) is 3. The van der Waals surface area contributed by atoms with E-state index in [1.54, 1.807) is 25.1 Å². The summed E-state index contributed by atoms with van der Waals surface area (Å²) >= 11 is 0. The molecule has 0 bridgehead atoms. The second kappa shape index (κ2) is 15.7. The molecule has 2 atom stereocenters. The highest BCUT2D eigenvalue weighted by Gasteiger charge is 2.27. The van der Waals surface area contributed by atoms with Crippen LogP contribution in [0.1, 0.15) is 29.5 Å². The Morgan fingerprint density at radius 1 is 0.867 bits per heavy atom. The third-order valence-electron chi connectivity index (χ3n) is 6.90. The number of nitrogens with zero attached hydrogens (tertiary/aromatic N) is 1. The van der Waals surface area contributed by atoms with Crippen molar-refractivity contribution in [1.29, 1.82) is 0 Å². The van der Waals surface area contributed by atoms with Gasteiger partial charge < -0.3 is 36.6 Å². The summed E-state index contributed by atoms with van der Waals surface area (Å²) in [5.41, 5.74) is 13.4. The zero-order chi connectivity index (χ0) is 32.2. The molecule has 1 aromatic heterocycles. The van der Waals surface area contributed by atoms with Crippen molar-refractivity contribution in [3.63, 3.8) is 0 Å². The average molecular weight is 613 g/mol. The van der Waals surface area contributed by atoms with Crippen molar-refractivity contribution in [2.75, 3.05) is 11.9 Å². The maximum atomic E-state index is 13.6. The number of guanidine groups is 1. The molecular weight excluding hydrogens is 576 g/mol. The van der Waals surface area contributed by atoms with Crippen LogP contribution in [0.3, 0.4) is 0 Å². The molecule has 0 saturated heterocycles. The largest absolute Gasteiger partial charge is 0.445 e. The summed E-state index contributed by atoms with van der Waals surface area (Å²) in [7, 11) is 0. The number of nitrogens with two attached hydrogens (primary N) is 2. The number of anilines is 1. The van der Waals surface area contributed by atoms with Crippen LogP contribution in [-0.4, -0.2) is 42.5 Å². The summed E-state index contributed by atoms with van der Waals surface area (Å²) in [4.78, 5) is 55.7. The van der Waals surface area contributed by atoms with Gasteiger partial charge in [-0.1, -0.05) is 60.7 Å². The van der Waals surface area contributed by atoms with Gasteiger partial charge in [-0.05, 0) is 48.6 Å². The number of hydrogen-bond donors (Lipinski definition) is 5. The van der Waals surface area contributed by atoms with Crippen molar-refractivity contribution in [2.45, 2.75) is 44.9 Å². The minimum atomic E-state index is -1.05. The predicted molar refractivity (Wildman–Crippen MR) is 171 cm³/mol. The van der Waals surface area contributed by atoms with Gasteiger partial charge in [-0.25, -0.2) is 9.59 Å². The highest BCUT2D eigenvalue weighted by molar-refractivity contribution is 5.99. The molecule has 0 aliphatic heterocycles. The molecule has 0 aliphatic carbocycles. The average Bonchev–Trinajstić information content (AvgIpc) is 3.01. The van der Waals surface area contributed by atoms with Crippen LogP contribution < -0.4 is 33.0 Å². The third-order valence-corrected chi connectivity index (χ3v) is 6.90. The summed E-state index contributed by atoms with van der Waals surface area (Å²) in [5, 5.41) is 8.92. The van der Waals surface area contributed by atoms with Gasteiger partial charge in [-0.3, -0.25) is 14.6 Å². The van der Waals surface area contributed by atoms with Gasteiger partial charge in [0.25, 0.3) is 0 Å². The van der Waals surface area contributed by atoms with Crippen LogP contribution in [0.2, 0.25) is 0 Å². The van der Waals surface area contributed by atoms with Gasteiger partial charge in [0.2, 0.25) is 11.8 Å². The number of aryl methyl sites for hydroxylation is 1. The highest BCUT2D eigenvalue weighted by Crippen LogP contribution is 2.21. The van der Waals surface area contributed by atoms with Gasteiger partial charge in [0.05, 0.1) is 0 Å². The van der Waals surface area contributed by atoms with E-state index in [2.05, 4.69) is 20.9 Å². The second-order valence-electron chi connectivity index (χ2n) is 10.4. The molecule has 0 unspecified atom stereocenters. The molecule has 0 radical (unpaired) electrons. The van der Waals surface area contributed by atoms with Gasteiger partial charge in [0.1, 0.15) is 24.3 Å². The van der Waals surface area contributed by atoms with Crippen LogP contribution in [0.25, 0.3) is 11.0 Å². The smallest absolute Gasteiger partial charge is 0.408 e. The lowest BCUT2D eigenvalue weighted by Gasteiger charge is -2.23. The lowest BCUT2D eigenvalue weighted by Crippen LogP contribution is -2.53. The van der Waals surface area contributed by atoms with E-state index in [0.29, 0.717) is 17.7 Å². The van der Waals surface area contributed by atoms with E-state index in [0.717, 1.165) is 22.1 Å². The minimum Gasteiger partial charge on any atom is -0.445 e. The molecule has 3 aromatic carbocycles. The fourth-order valence-electron chi connectivity index (χ4n) is 4.64. The van der Waals surface area contributed by atoms with E-state index >= 15 is 0 Å². The number of carbonyl (C=O) groups is 3. The Hall–Kier alpha value is -5.65. The number of amides is 3. The van der Waals surface area contributed by atoms with E-state index < -0.39 is 35.6 Å². The lowest BCUT2D eigenvalue weighted by atomic mass is 10.0. The van der Waals surface area contributed by atoms with Gasteiger partial charge in [0, 0.05) is 36.2 Å². The molecule has 12 nitrogen and oxygen atoms in total. The molecule has 234 valence electrons. The van der Waals surface area contributed by atoms with Crippen molar-refractivity contribution in [1.82, 2.24) is 10.6 Å². The Morgan fingerprint density at radius 2 is 1.56 bits per heavy atom. The monoisotopic (exact) mass is 612 g/mol. The van der Waals surface area contributed by atoms with Gasteiger partial charge in [-0.15, -0.1) is 0 Å². The summed E-state index contributed by atoms with van der Waals surface area (Å²) in [6.07, 6.45) is -0.0695. The van der Waals surface area contributed by atoms with Crippen LogP contribution in [0, 0.1) is 6.92 Å². The van der Waals surface area contributed by atoms with Crippen LogP contribution in [0.15, 0.2) is 99.1 Å². The first-order chi connectivity index (χ1) is 21.7. The normalized spacial score (nSPS) is 12.0. The molecule has 45 heavy (non-hydrogen) atoms. The summed E-state index contributed by atoms with van der Waals surface area (Å²) in [6.45, 7) is 2.05. The number of hydrogen-bond acceptors (Lipinski definition) is 7. The van der Waals surface area contributed by atoms with Crippen molar-refractivity contribution in [2.24, 2.45) is 16.5 Å². The first-order valence-electron chi connectivity index (χ1n) is 14.4. The number of ether oxygens (including phenoxy) is 1. The SMILES string of the molecule is Cc1cc(=O)oc2cc(NC(=O)[C@@H](CCCN=C(N)N)NC(=O)[C@H](Cc3ccccc3)NC(=O)OCc3ccccc3)ccc12. The Morgan fingerprint density at radius 3 is 2.24 bits per heavy atom. The zero-order valence-electron chi connectivity index (χ0n) is 24.8. The van der Waals surface area contributed by atoms with E-state index in [4.69, 9.17) is 20.6 Å². The van der Waals surface area contributed by atoms with Gasteiger partial charge >= 0.3 is 11.7 Å². The summed E-state index contributed by atoms with van der Waals surface area (Å²) in [6, 6.07) is 22.6. The maximum Gasteiger partial charge on any atom is 0.408 e. The molecule has 0 aliphatic rings. The van der Waals surface area contributed by atoms with Crippen LogP contribution in [0.4, 0.5) is 10.5 Å². The summed E-state index contributed by atoms with van der Waals surface area (Å²) < 4.78 is 10.7. The molecule has 4 rings (SSSR count). The number of fused-ring (bicyclic) bond motifs is 1. The van der Waals surface area contributed by atoms with E-state index in [1.807, 2.05) is 60.7 Å². The van der Waals surface area contributed by atoms with Crippen molar-refractivity contribution < 1.29 is 23.5 Å². The van der Waals surface area contributed by atoms with Crippen molar-refractivity contribution in [3.8, 4) is 0 Å². The Bertz CT molecular complexity index is 1700. The number of carbonyl (C=O) groups excluding carboxylic acids is 3. The van der Waals surface area contributed by atoms with Crippen molar-refractivity contribution >= 4 is 40.5 Å². The number of benzene rings is 3. The summed E-state index contributed by atoms with van der Waals surface area (Å²) in [5.74, 6) is -1.20. The van der Waals surface area contributed by atoms with Crippen LogP contribution >= 0.6 is 0 Å². The Balaban J connectivity index is 1.51. The van der Waals surface area contributed by atoms with Crippen LogP contribution in [-0.2, 0) is 27.4 Å². The number of alkyl carbamates (subject to hydrolysis) is 1. The number of rotatable bonds is 13. The molecule has 7 N–H and O–H groups in total. The molecule has 3 amide bonds. The first kappa shape index (κ1) is 32.3. The van der Waals surface area contributed by atoms with Crippen LogP contribution in [0.5, 0.6) is 0 Å². The molecule has 12 heteroatoms. The van der Waals surface area contributed by atoms with Gasteiger partial charge in [0.15, 0.2) is 5.96 Å². The topological polar surface area (TPSA) is 191 Å².